The minimum Gasteiger partial charge on any atom is -0.444 e. The maximum Gasteiger partial charge on any atom is 0.410 e. The molecule has 0 N–H and O–H groups in total. The molecule has 116 valence electrons. The first-order chi connectivity index (χ1) is 9.00. The maximum atomic E-state index is 12.1. The van der Waals surface area contributed by atoms with Gasteiger partial charge in [0.25, 0.3) is 0 Å². The highest BCUT2D eigenvalue weighted by atomic mass is 32.2. The van der Waals surface area contributed by atoms with Gasteiger partial charge in [0.1, 0.15) is 16.6 Å². The molecule has 0 aromatic carbocycles. The average molecular weight is 302 g/mol. The van der Waals surface area contributed by atoms with Gasteiger partial charge >= 0.3 is 6.09 Å². The largest absolute Gasteiger partial charge is 0.444 e. The number of ether oxygens (including phenoxy) is 1. The summed E-state index contributed by atoms with van der Waals surface area (Å²) < 4.78 is 21.0. The molecule has 1 aliphatic rings. The van der Waals surface area contributed by atoms with E-state index in [2.05, 4.69) is 4.40 Å². The third-order valence-electron chi connectivity index (χ3n) is 2.78. The summed E-state index contributed by atoms with van der Waals surface area (Å²) in [5, 5.41) is 0. The molecule has 1 heterocycles. The predicted octanol–water partition coefficient (Wildman–Crippen LogP) is 2.92. The summed E-state index contributed by atoms with van der Waals surface area (Å²) in [7, 11) is -1.29. The molecule has 0 aliphatic carbocycles. The smallest absolute Gasteiger partial charge is 0.410 e. The van der Waals surface area contributed by atoms with Crippen LogP contribution >= 0.6 is 0 Å². The van der Waals surface area contributed by atoms with Crippen molar-refractivity contribution in [1.82, 2.24) is 4.90 Å². The van der Waals surface area contributed by atoms with Crippen LogP contribution in [0.3, 0.4) is 0 Å². The number of hydrogen-bond donors (Lipinski definition) is 0. The van der Waals surface area contributed by atoms with Crippen LogP contribution in [0.2, 0.25) is 0 Å². The van der Waals surface area contributed by atoms with Crippen LogP contribution in [0.4, 0.5) is 4.79 Å². The van der Waals surface area contributed by atoms with E-state index >= 15 is 0 Å². The normalized spacial score (nSPS) is 22.3. The lowest BCUT2D eigenvalue weighted by molar-refractivity contribution is 0.0268. The highest BCUT2D eigenvalue weighted by molar-refractivity contribution is 7.85. The lowest BCUT2D eigenvalue weighted by Crippen LogP contribution is -2.40. The molecule has 0 bridgehead atoms. The van der Waals surface area contributed by atoms with Crippen molar-refractivity contribution >= 4 is 23.3 Å². The Labute approximate surface area is 124 Å². The van der Waals surface area contributed by atoms with E-state index < -0.39 is 16.6 Å². The molecule has 5 nitrogen and oxygen atoms in total. The third-order valence-corrected chi connectivity index (χ3v) is 4.14. The molecule has 1 rings (SSSR count). The Morgan fingerprint density at radius 2 is 1.90 bits per heavy atom. The number of nitrogens with zero attached hydrogens (tertiary/aromatic N) is 2. The molecular weight excluding hydrogens is 276 g/mol. The van der Waals surface area contributed by atoms with Gasteiger partial charge in [-0.25, -0.2) is 9.00 Å². The third kappa shape index (κ3) is 5.23. The minimum absolute atomic E-state index is 0.115. The van der Waals surface area contributed by atoms with Crippen molar-refractivity contribution in [2.75, 3.05) is 6.54 Å². The fourth-order valence-electron chi connectivity index (χ4n) is 1.78. The first-order valence-corrected chi connectivity index (χ1v) is 8.07. The van der Waals surface area contributed by atoms with Gasteiger partial charge in [0.2, 0.25) is 0 Å². The predicted molar refractivity (Wildman–Crippen MR) is 82.3 cm³/mol. The summed E-state index contributed by atoms with van der Waals surface area (Å²) >= 11 is 0. The van der Waals surface area contributed by atoms with Crippen LogP contribution in [0.15, 0.2) is 4.40 Å². The van der Waals surface area contributed by atoms with Gasteiger partial charge in [-0.05, 0) is 54.4 Å². The Morgan fingerprint density at radius 3 is 2.40 bits per heavy atom. The maximum absolute atomic E-state index is 12.1. The molecule has 0 saturated carbocycles. The van der Waals surface area contributed by atoms with Crippen molar-refractivity contribution in [1.29, 1.82) is 0 Å². The first kappa shape index (κ1) is 17.1. The number of rotatable bonds is 2. The van der Waals surface area contributed by atoms with Gasteiger partial charge in [0.15, 0.2) is 0 Å². The molecule has 0 aromatic rings. The second-order valence-electron chi connectivity index (χ2n) is 7.00. The van der Waals surface area contributed by atoms with Crippen LogP contribution in [0.25, 0.3) is 0 Å². The van der Waals surface area contributed by atoms with E-state index in [1.807, 2.05) is 41.5 Å². The van der Waals surface area contributed by atoms with E-state index in [0.29, 0.717) is 6.54 Å². The summed E-state index contributed by atoms with van der Waals surface area (Å²) in [6.07, 6.45) is 3.06. The number of carbonyl (C=O) groups excluding carboxylic acids is 1. The number of hydrogen-bond acceptors (Lipinski definition) is 3. The van der Waals surface area contributed by atoms with Gasteiger partial charge in [-0.2, -0.15) is 4.40 Å². The summed E-state index contributed by atoms with van der Waals surface area (Å²) in [6, 6.07) is -0.115. The zero-order valence-corrected chi connectivity index (χ0v) is 14.1. The van der Waals surface area contributed by atoms with Crippen LogP contribution in [0.1, 0.15) is 54.4 Å². The lowest BCUT2D eigenvalue weighted by atomic mass is 10.2. The molecule has 20 heavy (non-hydrogen) atoms. The second-order valence-corrected chi connectivity index (χ2v) is 8.93. The monoisotopic (exact) mass is 302 g/mol. The lowest BCUT2D eigenvalue weighted by Gasteiger charge is -2.27. The van der Waals surface area contributed by atoms with Gasteiger partial charge in [-0.15, -0.1) is 0 Å². The number of carbonyl (C=O) groups is 1. The number of likely N-dealkylation sites (tertiary alicyclic amines) is 1. The van der Waals surface area contributed by atoms with Gasteiger partial charge in [-0.3, -0.25) is 0 Å². The molecule has 0 radical (unpaired) electrons. The molecule has 0 aromatic heterocycles. The summed E-state index contributed by atoms with van der Waals surface area (Å²) in [4.78, 5) is 13.7. The molecule has 2 atom stereocenters. The summed E-state index contributed by atoms with van der Waals surface area (Å²) in [5.74, 6) is 0. The Morgan fingerprint density at radius 1 is 1.30 bits per heavy atom. The Kier molecular flexibility index (Phi) is 5.35. The van der Waals surface area contributed by atoms with Gasteiger partial charge in [0.05, 0.1) is 10.8 Å². The zero-order valence-electron chi connectivity index (χ0n) is 13.3. The fraction of sp³-hybridized carbons (Fsp3) is 0.857. The van der Waals surface area contributed by atoms with E-state index in [9.17, 15) is 9.00 Å². The summed E-state index contributed by atoms with van der Waals surface area (Å²) in [6.45, 7) is 11.8. The SMILES string of the molecule is CC(C)(C)OC(=O)N1CCC[C@H]1/C=N/[S@](=O)C(C)(C)C. The molecule has 1 fully saturated rings. The van der Waals surface area contributed by atoms with E-state index in [-0.39, 0.29) is 16.9 Å². The highest BCUT2D eigenvalue weighted by Gasteiger charge is 2.31. The molecule has 1 aliphatic heterocycles. The van der Waals surface area contributed by atoms with Crippen molar-refractivity contribution < 1.29 is 13.7 Å². The van der Waals surface area contributed by atoms with Crippen molar-refractivity contribution in [3.05, 3.63) is 0 Å². The van der Waals surface area contributed by atoms with E-state index in [1.165, 1.54) is 0 Å². The molecule has 6 heteroatoms. The molecule has 0 spiro atoms. The van der Waals surface area contributed by atoms with Gasteiger partial charge < -0.3 is 9.64 Å². The summed E-state index contributed by atoms with van der Waals surface area (Å²) in [5.41, 5.74) is -0.504. The van der Waals surface area contributed by atoms with Crippen LogP contribution in [-0.2, 0) is 15.7 Å². The van der Waals surface area contributed by atoms with Crippen LogP contribution in [-0.4, -0.2) is 44.4 Å². The second kappa shape index (κ2) is 6.24. The molecule has 0 unspecified atom stereocenters. The van der Waals surface area contributed by atoms with Crippen molar-refractivity contribution in [3.63, 3.8) is 0 Å². The van der Waals surface area contributed by atoms with Gasteiger partial charge in [0, 0.05) is 12.8 Å². The Hall–Kier alpha value is -0.910. The fourth-order valence-corrected chi connectivity index (χ4v) is 2.35. The molecular formula is C14H26N2O3S. The van der Waals surface area contributed by atoms with Gasteiger partial charge in [-0.1, -0.05) is 0 Å². The van der Waals surface area contributed by atoms with Crippen LogP contribution in [0, 0.1) is 0 Å². The standard InChI is InChI=1S/C14H26N2O3S/c1-13(2,3)19-12(17)16-9-7-8-11(16)10-15-20(18)14(4,5)6/h10-11H,7-9H2,1-6H3/b15-10+/t11-,20+/m0/s1. The Bertz CT molecular complexity index is 408. The molecule has 1 saturated heterocycles. The van der Waals surface area contributed by atoms with Crippen LogP contribution in [0.5, 0.6) is 0 Å². The average Bonchev–Trinajstić information content (AvgIpc) is 2.70. The molecule has 1 amide bonds. The minimum atomic E-state index is -1.29. The van der Waals surface area contributed by atoms with Crippen LogP contribution < -0.4 is 0 Å². The van der Waals surface area contributed by atoms with Crippen molar-refractivity contribution in [2.45, 2.75) is 70.8 Å². The topological polar surface area (TPSA) is 59.0 Å². The van der Waals surface area contributed by atoms with Crippen molar-refractivity contribution in [3.8, 4) is 0 Å². The van der Waals surface area contributed by atoms with E-state index in [4.69, 9.17) is 4.74 Å². The zero-order chi connectivity index (χ0) is 15.6. The van der Waals surface area contributed by atoms with E-state index in [1.54, 1.807) is 11.1 Å². The van der Waals surface area contributed by atoms with Crippen molar-refractivity contribution in [2.24, 2.45) is 4.40 Å². The number of amides is 1. The quantitative estimate of drug-likeness (QED) is 0.737. The van der Waals surface area contributed by atoms with E-state index in [0.717, 1.165) is 12.8 Å². The Balaban J connectivity index is 2.69. The highest BCUT2D eigenvalue weighted by Crippen LogP contribution is 2.20. The first-order valence-electron chi connectivity index (χ1n) is 6.96.